The Bertz CT molecular complexity index is 1350. The van der Waals surface area contributed by atoms with Gasteiger partial charge >= 0.3 is 0 Å². The lowest BCUT2D eigenvalue weighted by Gasteiger charge is -2.28. The van der Waals surface area contributed by atoms with Crippen LogP contribution in [0.15, 0.2) is 79.0 Å². The molecule has 4 aromatic rings. The zero-order valence-corrected chi connectivity index (χ0v) is 23.1. The van der Waals surface area contributed by atoms with Crippen molar-refractivity contribution in [2.24, 2.45) is 0 Å². The SMILES string of the molecule is CCC(=C(c1ccc(OC)cc1)c1ccc(OC)cc1)c1cn(C[C@@H](O)CN2CCOCC2)c2ccccc12. The number of β-amino-alcohol motifs (C(OH)–C–C–N with tert-alkyl or cyclic N) is 1. The van der Waals surface area contributed by atoms with Gasteiger partial charge in [0.2, 0.25) is 0 Å². The summed E-state index contributed by atoms with van der Waals surface area (Å²) in [6.45, 7) is 6.58. The molecule has 1 aromatic heterocycles. The van der Waals surface area contributed by atoms with Crippen LogP contribution in [0.1, 0.15) is 30.0 Å². The standard InChI is InChI=1S/C33H38N2O4/c1-4-29(33(24-9-13-27(37-2)14-10-24)25-11-15-28(38-3)16-12-25)31-23-35(32-8-6-5-7-30(31)32)22-26(36)21-34-17-19-39-20-18-34/h5-16,23,26,36H,4,17-22H2,1-3H3/t26-/m0/s1. The quantitative estimate of drug-likeness (QED) is 0.286. The molecule has 1 fully saturated rings. The summed E-state index contributed by atoms with van der Waals surface area (Å²) >= 11 is 0. The van der Waals surface area contributed by atoms with E-state index in [0.717, 1.165) is 60.9 Å². The Balaban J connectivity index is 1.60. The molecule has 5 rings (SSSR count). The minimum Gasteiger partial charge on any atom is -0.497 e. The van der Waals surface area contributed by atoms with E-state index in [1.165, 1.54) is 22.1 Å². The molecule has 0 unspecified atom stereocenters. The third-order valence-electron chi connectivity index (χ3n) is 7.51. The average molecular weight is 527 g/mol. The number of hydrogen-bond donors (Lipinski definition) is 1. The number of morpholine rings is 1. The molecule has 6 nitrogen and oxygen atoms in total. The molecule has 0 amide bonds. The smallest absolute Gasteiger partial charge is 0.118 e. The van der Waals surface area contributed by atoms with Crippen LogP contribution in [0, 0.1) is 0 Å². The molecule has 0 radical (unpaired) electrons. The van der Waals surface area contributed by atoms with E-state index in [-0.39, 0.29) is 0 Å². The highest BCUT2D eigenvalue weighted by Crippen LogP contribution is 2.39. The van der Waals surface area contributed by atoms with Crippen molar-refractivity contribution in [2.45, 2.75) is 26.0 Å². The molecule has 39 heavy (non-hydrogen) atoms. The Labute approximate surface area is 231 Å². The lowest BCUT2D eigenvalue weighted by atomic mass is 9.88. The summed E-state index contributed by atoms with van der Waals surface area (Å²) in [6.07, 6.45) is 2.60. The number of rotatable bonds is 10. The predicted molar refractivity (Wildman–Crippen MR) is 157 cm³/mol. The summed E-state index contributed by atoms with van der Waals surface area (Å²) in [4.78, 5) is 2.28. The third-order valence-corrected chi connectivity index (χ3v) is 7.51. The second-order valence-electron chi connectivity index (χ2n) is 9.94. The van der Waals surface area contributed by atoms with Crippen molar-refractivity contribution in [2.75, 3.05) is 47.1 Å². The number of aliphatic hydroxyl groups is 1. The van der Waals surface area contributed by atoms with E-state index in [1.54, 1.807) is 14.2 Å². The Hall–Kier alpha value is -3.58. The van der Waals surface area contributed by atoms with Gasteiger partial charge in [0.25, 0.3) is 0 Å². The van der Waals surface area contributed by atoms with Crippen molar-refractivity contribution < 1.29 is 19.3 Å². The van der Waals surface area contributed by atoms with Gasteiger partial charge in [0.05, 0.1) is 33.5 Å². The summed E-state index contributed by atoms with van der Waals surface area (Å²) in [6, 6.07) is 25.0. The average Bonchev–Trinajstić information content (AvgIpc) is 3.34. The fraction of sp³-hybridized carbons (Fsp3) is 0.333. The maximum Gasteiger partial charge on any atom is 0.118 e. The van der Waals surface area contributed by atoms with E-state index >= 15 is 0 Å². The van der Waals surface area contributed by atoms with Crippen molar-refractivity contribution in [1.82, 2.24) is 9.47 Å². The van der Waals surface area contributed by atoms with Gasteiger partial charge in [-0.3, -0.25) is 4.90 Å². The van der Waals surface area contributed by atoms with Crippen LogP contribution in [0.25, 0.3) is 22.0 Å². The number of fused-ring (bicyclic) bond motifs is 1. The molecule has 0 aliphatic carbocycles. The van der Waals surface area contributed by atoms with Crippen molar-refractivity contribution in [3.8, 4) is 11.5 Å². The van der Waals surface area contributed by atoms with Gasteiger partial charge in [0.1, 0.15) is 11.5 Å². The summed E-state index contributed by atoms with van der Waals surface area (Å²) in [5.74, 6) is 1.66. The molecule has 0 saturated carbocycles. The minimum atomic E-state index is -0.469. The molecule has 1 aliphatic rings. The topological polar surface area (TPSA) is 56.1 Å². The van der Waals surface area contributed by atoms with Gasteiger partial charge in [0.15, 0.2) is 0 Å². The molecule has 0 bridgehead atoms. The first-order chi connectivity index (χ1) is 19.1. The van der Waals surface area contributed by atoms with Crippen molar-refractivity contribution >= 4 is 22.0 Å². The monoisotopic (exact) mass is 526 g/mol. The Morgan fingerprint density at radius 2 is 1.44 bits per heavy atom. The number of hydrogen-bond acceptors (Lipinski definition) is 5. The molecule has 2 heterocycles. The molecule has 3 aromatic carbocycles. The molecule has 0 spiro atoms. The number of aromatic nitrogens is 1. The zero-order valence-electron chi connectivity index (χ0n) is 23.1. The molecular weight excluding hydrogens is 488 g/mol. The van der Waals surface area contributed by atoms with E-state index in [1.807, 2.05) is 24.3 Å². The van der Waals surface area contributed by atoms with Crippen molar-refractivity contribution in [3.63, 3.8) is 0 Å². The number of benzene rings is 3. The highest BCUT2D eigenvalue weighted by molar-refractivity contribution is 6.05. The van der Waals surface area contributed by atoms with Crippen LogP contribution in [-0.4, -0.2) is 67.7 Å². The number of ether oxygens (including phenoxy) is 3. The first kappa shape index (κ1) is 27.0. The molecule has 1 N–H and O–H groups in total. The largest absolute Gasteiger partial charge is 0.497 e. The van der Waals surface area contributed by atoms with Crippen LogP contribution in [-0.2, 0) is 11.3 Å². The van der Waals surface area contributed by atoms with E-state index in [2.05, 4.69) is 71.1 Å². The molecule has 1 saturated heterocycles. The van der Waals surface area contributed by atoms with Gasteiger partial charge in [-0.15, -0.1) is 0 Å². The number of allylic oxidation sites excluding steroid dienone is 1. The Morgan fingerprint density at radius 3 is 2.00 bits per heavy atom. The normalized spacial score (nSPS) is 14.8. The Morgan fingerprint density at radius 1 is 0.846 bits per heavy atom. The Kier molecular flexibility index (Phi) is 8.67. The van der Waals surface area contributed by atoms with E-state index in [9.17, 15) is 5.11 Å². The summed E-state index contributed by atoms with van der Waals surface area (Å²) in [5, 5.41) is 12.2. The lowest BCUT2D eigenvalue weighted by Crippen LogP contribution is -2.41. The van der Waals surface area contributed by atoms with Gasteiger partial charge in [-0.1, -0.05) is 49.4 Å². The van der Waals surface area contributed by atoms with Crippen LogP contribution >= 0.6 is 0 Å². The molecule has 1 aliphatic heterocycles. The van der Waals surface area contributed by atoms with Crippen LogP contribution in [0.5, 0.6) is 11.5 Å². The first-order valence-corrected chi connectivity index (χ1v) is 13.7. The van der Waals surface area contributed by atoms with E-state index in [4.69, 9.17) is 14.2 Å². The number of methoxy groups -OCH3 is 2. The lowest BCUT2D eigenvalue weighted by molar-refractivity contribution is 0.0117. The summed E-state index contributed by atoms with van der Waals surface area (Å²) in [5.41, 5.74) is 7.00. The van der Waals surface area contributed by atoms with Crippen LogP contribution in [0.4, 0.5) is 0 Å². The second kappa shape index (κ2) is 12.5. The highest BCUT2D eigenvalue weighted by Gasteiger charge is 2.20. The highest BCUT2D eigenvalue weighted by atomic mass is 16.5. The zero-order chi connectivity index (χ0) is 27.2. The third kappa shape index (κ3) is 6.04. The fourth-order valence-electron chi connectivity index (χ4n) is 5.54. The maximum atomic E-state index is 11.0. The number of nitrogens with zero attached hydrogens (tertiary/aromatic N) is 2. The summed E-state index contributed by atoms with van der Waals surface area (Å²) in [7, 11) is 3.38. The predicted octanol–water partition coefficient (Wildman–Crippen LogP) is 5.72. The maximum absolute atomic E-state index is 11.0. The van der Waals surface area contributed by atoms with E-state index in [0.29, 0.717) is 13.1 Å². The molecule has 6 heteroatoms. The van der Waals surface area contributed by atoms with Crippen LogP contribution < -0.4 is 9.47 Å². The molecular formula is C33H38N2O4. The van der Waals surface area contributed by atoms with E-state index < -0.39 is 6.10 Å². The molecule has 204 valence electrons. The second-order valence-corrected chi connectivity index (χ2v) is 9.94. The van der Waals surface area contributed by atoms with Crippen LogP contribution in [0.2, 0.25) is 0 Å². The van der Waals surface area contributed by atoms with Gasteiger partial charge in [-0.2, -0.15) is 0 Å². The van der Waals surface area contributed by atoms with Gasteiger partial charge in [-0.05, 0) is 59.0 Å². The first-order valence-electron chi connectivity index (χ1n) is 13.7. The number of aliphatic hydroxyl groups excluding tert-OH is 1. The fourth-order valence-corrected chi connectivity index (χ4v) is 5.54. The summed E-state index contributed by atoms with van der Waals surface area (Å²) < 4.78 is 18.6. The van der Waals surface area contributed by atoms with Crippen molar-refractivity contribution in [1.29, 1.82) is 0 Å². The van der Waals surface area contributed by atoms with Gasteiger partial charge < -0.3 is 23.9 Å². The van der Waals surface area contributed by atoms with Gasteiger partial charge in [0, 0.05) is 48.8 Å². The number of para-hydroxylation sites is 1. The minimum absolute atomic E-state index is 0.469. The molecule has 1 atom stereocenters. The van der Waals surface area contributed by atoms with Gasteiger partial charge in [-0.25, -0.2) is 0 Å². The van der Waals surface area contributed by atoms with Crippen LogP contribution in [0.3, 0.4) is 0 Å². The van der Waals surface area contributed by atoms with Crippen molar-refractivity contribution in [3.05, 3.63) is 95.7 Å².